The van der Waals surface area contributed by atoms with Gasteiger partial charge in [0.2, 0.25) is 0 Å². The molecule has 1 atom stereocenters. The van der Waals surface area contributed by atoms with Crippen LogP contribution in [0.2, 0.25) is 0 Å². The van der Waals surface area contributed by atoms with E-state index >= 15 is 0 Å². The van der Waals surface area contributed by atoms with Crippen LogP contribution in [0, 0.1) is 5.41 Å². The molecule has 108 valence electrons. The Labute approximate surface area is 120 Å². The minimum atomic E-state index is 0.143. The molecule has 2 aliphatic rings. The molecule has 0 amide bonds. The van der Waals surface area contributed by atoms with Crippen molar-refractivity contribution in [1.82, 2.24) is 0 Å². The number of fused-ring (bicyclic) bond motifs is 1. The van der Waals surface area contributed by atoms with Gasteiger partial charge in [-0.3, -0.25) is 0 Å². The first-order valence-corrected chi connectivity index (χ1v) is 7.40. The summed E-state index contributed by atoms with van der Waals surface area (Å²) in [5.41, 5.74) is 8.96. The van der Waals surface area contributed by atoms with Gasteiger partial charge in [-0.25, -0.2) is 0 Å². The van der Waals surface area contributed by atoms with Crippen LogP contribution < -0.4 is 15.2 Å². The Hall–Kier alpha value is -1.48. The van der Waals surface area contributed by atoms with Crippen molar-refractivity contribution in [3.05, 3.63) is 29.8 Å². The lowest BCUT2D eigenvalue weighted by Gasteiger charge is -2.33. The van der Waals surface area contributed by atoms with E-state index in [1.165, 1.54) is 11.1 Å². The zero-order valence-electron chi connectivity index (χ0n) is 12.3. The molecule has 0 radical (unpaired) electrons. The van der Waals surface area contributed by atoms with Crippen LogP contribution in [0.3, 0.4) is 0 Å². The van der Waals surface area contributed by atoms with E-state index in [1.807, 2.05) is 6.07 Å². The molecule has 1 aromatic carbocycles. The van der Waals surface area contributed by atoms with E-state index in [4.69, 9.17) is 15.2 Å². The SMILES string of the molecule is CC1(C)CC(c2ccc3c(c2)OCCCO3)=CC(N)C1. The Morgan fingerprint density at radius 2 is 1.90 bits per heavy atom. The Bertz CT molecular complexity index is 534. The second-order valence-electron chi connectivity index (χ2n) is 6.61. The van der Waals surface area contributed by atoms with Gasteiger partial charge in [0.25, 0.3) is 0 Å². The van der Waals surface area contributed by atoms with Crippen molar-refractivity contribution in [1.29, 1.82) is 0 Å². The van der Waals surface area contributed by atoms with Gasteiger partial charge in [-0.15, -0.1) is 0 Å². The molecule has 3 nitrogen and oxygen atoms in total. The number of rotatable bonds is 1. The summed E-state index contributed by atoms with van der Waals surface area (Å²) in [6, 6.07) is 6.38. The minimum Gasteiger partial charge on any atom is -0.490 e. The van der Waals surface area contributed by atoms with Crippen LogP contribution in [0.1, 0.15) is 38.7 Å². The predicted molar refractivity (Wildman–Crippen MR) is 81.0 cm³/mol. The van der Waals surface area contributed by atoms with Crippen LogP contribution in [0.15, 0.2) is 24.3 Å². The normalized spacial score (nSPS) is 24.8. The van der Waals surface area contributed by atoms with Crippen LogP contribution in [-0.4, -0.2) is 19.3 Å². The number of allylic oxidation sites excluding steroid dienone is 1. The molecule has 1 aliphatic heterocycles. The third-order valence-corrected chi connectivity index (χ3v) is 3.99. The van der Waals surface area contributed by atoms with Gasteiger partial charge in [-0.1, -0.05) is 26.0 Å². The van der Waals surface area contributed by atoms with Crippen LogP contribution in [0.25, 0.3) is 5.57 Å². The summed E-state index contributed by atoms with van der Waals surface area (Å²) in [7, 11) is 0. The molecule has 0 spiro atoms. The molecular weight excluding hydrogens is 250 g/mol. The van der Waals surface area contributed by atoms with Crippen LogP contribution >= 0.6 is 0 Å². The fourth-order valence-corrected chi connectivity index (χ4v) is 3.16. The fourth-order valence-electron chi connectivity index (χ4n) is 3.16. The third-order valence-electron chi connectivity index (χ3n) is 3.99. The highest BCUT2D eigenvalue weighted by molar-refractivity contribution is 5.70. The van der Waals surface area contributed by atoms with Gasteiger partial charge in [0.15, 0.2) is 11.5 Å². The number of hydrogen-bond donors (Lipinski definition) is 1. The molecule has 1 aliphatic carbocycles. The average Bonchev–Trinajstić information content (AvgIpc) is 2.60. The van der Waals surface area contributed by atoms with Crippen molar-refractivity contribution < 1.29 is 9.47 Å². The molecule has 3 rings (SSSR count). The minimum absolute atomic E-state index is 0.143. The van der Waals surface area contributed by atoms with Gasteiger partial charge in [0, 0.05) is 12.5 Å². The summed E-state index contributed by atoms with van der Waals surface area (Å²) >= 11 is 0. The second-order valence-corrected chi connectivity index (χ2v) is 6.61. The van der Waals surface area contributed by atoms with E-state index in [0.717, 1.165) is 44.0 Å². The Balaban J connectivity index is 1.93. The van der Waals surface area contributed by atoms with E-state index in [0.29, 0.717) is 0 Å². The summed E-state index contributed by atoms with van der Waals surface area (Å²) in [6.45, 7) is 6.01. The standard InChI is InChI=1S/C17H23NO2/c1-17(2)10-13(8-14(18)11-17)12-4-5-15-16(9-12)20-7-3-6-19-15/h4-5,8-9,14H,3,6-7,10-11,18H2,1-2H3. The maximum atomic E-state index is 6.17. The molecule has 0 aromatic heterocycles. The average molecular weight is 273 g/mol. The van der Waals surface area contributed by atoms with Gasteiger partial charge in [0.05, 0.1) is 13.2 Å². The topological polar surface area (TPSA) is 44.5 Å². The zero-order valence-corrected chi connectivity index (χ0v) is 12.3. The van der Waals surface area contributed by atoms with Crippen LogP contribution in [-0.2, 0) is 0 Å². The largest absolute Gasteiger partial charge is 0.490 e. The first-order valence-electron chi connectivity index (χ1n) is 7.40. The van der Waals surface area contributed by atoms with Crippen molar-refractivity contribution in [2.45, 2.75) is 39.2 Å². The van der Waals surface area contributed by atoms with Crippen LogP contribution in [0.5, 0.6) is 11.5 Å². The predicted octanol–water partition coefficient (Wildman–Crippen LogP) is 3.38. The summed E-state index contributed by atoms with van der Waals surface area (Å²) in [5, 5.41) is 0. The van der Waals surface area contributed by atoms with E-state index in [1.54, 1.807) is 0 Å². The van der Waals surface area contributed by atoms with Gasteiger partial charge in [0.1, 0.15) is 0 Å². The molecule has 1 heterocycles. The van der Waals surface area contributed by atoms with E-state index in [9.17, 15) is 0 Å². The molecule has 20 heavy (non-hydrogen) atoms. The molecule has 1 aromatic rings. The van der Waals surface area contributed by atoms with Crippen molar-refractivity contribution in [3.8, 4) is 11.5 Å². The van der Waals surface area contributed by atoms with Crippen molar-refractivity contribution >= 4 is 5.57 Å². The highest BCUT2D eigenvalue weighted by Gasteiger charge is 2.27. The monoisotopic (exact) mass is 273 g/mol. The Morgan fingerprint density at radius 3 is 2.65 bits per heavy atom. The third kappa shape index (κ3) is 2.83. The smallest absolute Gasteiger partial charge is 0.161 e. The van der Waals surface area contributed by atoms with Crippen LogP contribution in [0.4, 0.5) is 0 Å². The zero-order chi connectivity index (χ0) is 14.2. The van der Waals surface area contributed by atoms with Gasteiger partial charge < -0.3 is 15.2 Å². The fraction of sp³-hybridized carbons (Fsp3) is 0.529. The van der Waals surface area contributed by atoms with Crippen molar-refractivity contribution in [2.75, 3.05) is 13.2 Å². The molecule has 0 bridgehead atoms. The van der Waals surface area contributed by atoms with Crippen molar-refractivity contribution in [2.24, 2.45) is 11.1 Å². The number of benzene rings is 1. The summed E-state index contributed by atoms with van der Waals surface area (Å²) in [6.07, 6.45) is 5.23. The first-order chi connectivity index (χ1) is 9.53. The summed E-state index contributed by atoms with van der Waals surface area (Å²) < 4.78 is 11.5. The lowest BCUT2D eigenvalue weighted by molar-refractivity contribution is 0.297. The molecule has 1 unspecified atom stereocenters. The molecule has 0 saturated carbocycles. The lowest BCUT2D eigenvalue weighted by atomic mass is 9.74. The molecule has 3 heteroatoms. The van der Waals surface area contributed by atoms with E-state index in [2.05, 4.69) is 32.1 Å². The lowest BCUT2D eigenvalue weighted by Crippen LogP contribution is -2.30. The maximum absolute atomic E-state index is 6.17. The Kier molecular flexibility index (Phi) is 3.47. The highest BCUT2D eigenvalue weighted by atomic mass is 16.5. The van der Waals surface area contributed by atoms with E-state index < -0.39 is 0 Å². The highest BCUT2D eigenvalue weighted by Crippen LogP contribution is 2.41. The molecule has 0 saturated heterocycles. The maximum Gasteiger partial charge on any atom is 0.161 e. The van der Waals surface area contributed by atoms with Gasteiger partial charge >= 0.3 is 0 Å². The number of nitrogens with two attached hydrogens (primary N) is 1. The summed E-state index contributed by atoms with van der Waals surface area (Å²) in [5.74, 6) is 1.71. The second kappa shape index (κ2) is 5.13. The number of ether oxygens (including phenoxy) is 2. The van der Waals surface area contributed by atoms with Gasteiger partial charge in [-0.2, -0.15) is 0 Å². The van der Waals surface area contributed by atoms with Crippen molar-refractivity contribution in [3.63, 3.8) is 0 Å². The Morgan fingerprint density at radius 1 is 1.15 bits per heavy atom. The van der Waals surface area contributed by atoms with Gasteiger partial charge in [-0.05, 0) is 41.5 Å². The molecule has 2 N–H and O–H groups in total. The first kappa shape index (κ1) is 13.5. The molecular formula is C17H23NO2. The quantitative estimate of drug-likeness (QED) is 0.853. The van der Waals surface area contributed by atoms with E-state index in [-0.39, 0.29) is 11.5 Å². The summed E-state index contributed by atoms with van der Waals surface area (Å²) in [4.78, 5) is 0. The number of hydrogen-bond acceptors (Lipinski definition) is 3. The molecule has 0 fully saturated rings.